The predicted molar refractivity (Wildman–Crippen MR) is 104 cm³/mol. The van der Waals surface area contributed by atoms with Gasteiger partial charge >= 0.3 is 0 Å². The summed E-state index contributed by atoms with van der Waals surface area (Å²) in [6.45, 7) is 5.53. The monoisotopic (exact) mass is 357 g/mol. The summed E-state index contributed by atoms with van der Waals surface area (Å²) in [6.07, 6.45) is 6.52. The maximum Gasteiger partial charge on any atom is 0.254 e. The molecule has 0 unspecified atom stereocenters. The molecule has 5 nitrogen and oxygen atoms in total. The van der Waals surface area contributed by atoms with Crippen LogP contribution in [-0.2, 0) is 4.79 Å². The fourth-order valence-electron chi connectivity index (χ4n) is 3.96. The molecule has 26 heavy (non-hydrogen) atoms. The van der Waals surface area contributed by atoms with Gasteiger partial charge in [-0.3, -0.25) is 9.59 Å². The van der Waals surface area contributed by atoms with Gasteiger partial charge in [-0.05, 0) is 49.9 Å². The molecule has 2 aliphatic rings. The fourth-order valence-corrected chi connectivity index (χ4v) is 3.96. The number of unbranched alkanes of at least 4 members (excludes halogenated alkanes) is 1. The smallest absolute Gasteiger partial charge is 0.254 e. The third-order valence-corrected chi connectivity index (χ3v) is 5.64. The van der Waals surface area contributed by atoms with Crippen molar-refractivity contribution in [2.45, 2.75) is 51.5 Å². The Morgan fingerprint density at radius 2 is 1.73 bits per heavy atom. The van der Waals surface area contributed by atoms with Gasteiger partial charge < -0.3 is 14.7 Å². The molecule has 2 saturated heterocycles. The lowest BCUT2D eigenvalue weighted by molar-refractivity contribution is -0.138. The van der Waals surface area contributed by atoms with E-state index in [1.165, 1.54) is 24.9 Å². The summed E-state index contributed by atoms with van der Waals surface area (Å²) in [5.41, 5.74) is 1.88. The van der Waals surface area contributed by atoms with E-state index in [0.717, 1.165) is 32.4 Å². The second-order valence-corrected chi connectivity index (χ2v) is 7.51. The number of benzene rings is 1. The van der Waals surface area contributed by atoms with Crippen molar-refractivity contribution >= 4 is 17.5 Å². The maximum atomic E-state index is 13.1. The topological polar surface area (TPSA) is 43.9 Å². The molecule has 0 N–H and O–H groups in total. The first-order valence-electron chi connectivity index (χ1n) is 10.0. The first-order valence-corrected chi connectivity index (χ1v) is 10.0. The number of piperidine rings is 1. The summed E-state index contributed by atoms with van der Waals surface area (Å²) in [7, 11) is 1.83. The number of hydrogen-bond acceptors (Lipinski definition) is 3. The lowest BCUT2D eigenvalue weighted by Crippen LogP contribution is -2.57. The molecule has 1 atom stereocenters. The van der Waals surface area contributed by atoms with Gasteiger partial charge in [0.15, 0.2) is 0 Å². The van der Waals surface area contributed by atoms with Gasteiger partial charge in [0.25, 0.3) is 5.91 Å². The van der Waals surface area contributed by atoms with Crippen LogP contribution in [0.1, 0.15) is 55.8 Å². The van der Waals surface area contributed by atoms with Crippen LogP contribution in [-0.4, -0.2) is 60.9 Å². The molecular weight excluding hydrogens is 326 g/mol. The van der Waals surface area contributed by atoms with Crippen molar-refractivity contribution in [1.29, 1.82) is 0 Å². The number of nitrogens with zero attached hydrogens (tertiary/aromatic N) is 3. The van der Waals surface area contributed by atoms with Gasteiger partial charge in [-0.1, -0.05) is 19.8 Å². The number of piperazine rings is 1. The van der Waals surface area contributed by atoms with E-state index in [1.54, 1.807) is 9.80 Å². The SMILES string of the molecule is CCCC[C@H]1C(=O)N(C)CCN1C(=O)c1ccc(N2CCCCC2)cc1. The Kier molecular flexibility index (Phi) is 6.17. The van der Waals surface area contributed by atoms with E-state index in [1.807, 2.05) is 19.2 Å². The number of likely N-dealkylation sites (N-methyl/N-ethyl adjacent to an activating group) is 1. The van der Waals surface area contributed by atoms with Crippen molar-refractivity contribution in [2.75, 3.05) is 38.1 Å². The largest absolute Gasteiger partial charge is 0.372 e. The number of hydrogen-bond donors (Lipinski definition) is 0. The van der Waals surface area contributed by atoms with Gasteiger partial charge in [-0.25, -0.2) is 0 Å². The Morgan fingerprint density at radius 3 is 2.38 bits per heavy atom. The summed E-state index contributed by atoms with van der Waals surface area (Å²) < 4.78 is 0. The Morgan fingerprint density at radius 1 is 1.04 bits per heavy atom. The van der Waals surface area contributed by atoms with Gasteiger partial charge in [0.1, 0.15) is 6.04 Å². The molecule has 0 aromatic heterocycles. The Bertz CT molecular complexity index is 623. The van der Waals surface area contributed by atoms with Crippen LogP contribution in [0.3, 0.4) is 0 Å². The lowest BCUT2D eigenvalue weighted by Gasteiger charge is -2.39. The molecule has 0 bridgehead atoms. The average molecular weight is 357 g/mol. The highest BCUT2D eigenvalue weighted by Gasteiger charge is 2.35. The lowest BCUT2D eigenvalue weighted by atomic mass is 10.0. The van der Waals surface area contributed by atoms with Gasteiger partial charge in [0.05, 0.1) is 0 Å². The Hall–Kier alpha value is -2.04. The zero-order valence-electron chi connectivity index (χ0n) is 16.1. The second-order valence-electron chi connectivity index (χ2n) is 7.51. The van der Waals surface area contributed by atoms with Crippen molar-refractivity contribution in [3.05, 3.63) is 29.8 Å². The molecule has 1 aromatic carbocycles. The van der Waals surface area contributed by atoms with Gasteiger partial charge in [-0.15, -0.1) is 0 Å². The van der Waals surface area contributed by atoms with E-state index in [4.69, 9.17) is 0 Å². The summed E-state index contributed by atoms with van der Waals surface area (Å²) in [4.78, 5) is 31.5. The van der Waals surface area contributed by atoms with Crippen LogP contribution < -0.4 is 4.90 Å². The molecular formula is C21H31N3O2. The second kappa shape index (κ2) is 8.56. The van der Waals surface area contributed by atoms with E-state index < -0.39 is 0 Å². The maximum absolute atomic E-state index is 13.1. The van der Waals surface area contributed by atoms with Crippen molar-refractivity contribution in [3.63, 3.8) is 0 Å². The van der Waals surface area contributed by atoms with Crippen LogP contribution in [0.2, 0.25) is 0 Å². The molecule has 2 aliphatic heterocycles. The summed E-state index contributed by atoms with van der Waals surface area (Å²) in [6, 6.07) is 7.63. The average Bonchev–Trinajstić information content (AvgIpc) is 2.69. The highest BCUT2D eigenvalue weighted by molar-refractivity contribution is 5.98. The first kappa shape index (κ1) is 18.7. The summed E-state index contributed by atoms with van der Waals surface area (Å²) in [5, 5.41) is 0. The molecule has 2 heterocycles. The number of amides is 2. The molecule has 5 heteroatoms. The van der Waals surface area contributed by atoms with Crippen molar-refractivity contribution in [2.24, 2.45) is 0 Å². The molecule has 0 radical (unpaired) electrons. The van der Waals surface area contributed by atoms with Gasteiger partial charge in [0.2, 0.25) is 5.91 Å². The van der Waals surface area contributed by atoms with E-state index in [2.05, 4.69) is 24.0 Å². The predicted octanol–water partition coefficient (Wildman–Crippen LogP) is 3.15. The highest BCUT2D eigenvalue weighted by Crippen LogP contribution is 2.23. The van der Waals surface area contributed by atoms with Gasteiger partial charge in [-0.2, -0.15) is 0 Å². The van der Waals surface area contributed by atoms with Crippen LogP contribution in [0.15, 0.2) is 24.3 Å². The molecule has 142 valence electrons. The number of anilines is 1. The molecule has 0 aliphatic carbocycles. The highest BCUT2D eigenvalue weighted by atomic mass is 16.2. The van der Waals surface area contributed by atoms with Crippen molar-refractivity contribution in [1.82, 2.24) is 9.80 Å². The third-order valence-electron chi connectivity index (χ3n) is 5.64. The van der Waals surface area contributed by atoms with E-state index in [0.29, 0.717) is 18.7 Å². The molecule has 0 spiro atoms. The minimum Gasteiger partial charge on any atom is -0.372 e. The van der Waals surface area contributed by atoms with Crippen LogP contribution in [0.5, 0.6) is 0 Å². The van der Waals surface area contributed by atoms with Crippen molar-refractivity contribution < 1.29 is 9.59 Å². The van der Waals surface area contributed by atoms with E-state index >= 15 is 0 Å². The normalized spacial score (nSPS) is 21.2. The minimum absolute atomic E-state index is 0.0160. The first-order chi connectivity index (χ1) is 12.6. The molecule has 3 rings (SSSR count). The molecule has 2 amide bonds. The quantitative estimate of drug-likeness (QED) is 0.813. The zero-order valence-corrected chi connectivity index (χ0v) is 16.1. The Labute approximate surface area is 156 Å². The van der Waals surface area contributed by atoms with Crippen LogP contribution in [0.4, 0.5) is 5.69 Å². The molecule has 1 aromatic rings. The zero-order chi connectivity index (χ0) is 18.5. The summed E-state index contributed by atoms with van der Waals surface area (Å²) >= 11 is 0. The minimum atomic E-state index is -0.317. The van der Waals surface area contributed by atoms with Crippen molar-refractivity contribution in [3.8, 4) is 0 Å². The summed E-state index contributed by atoms with van der Waals surface area (Å²) in [5.74, 6) is 0.0562. The van der Waals surface area contributed by atoms with Crippen LogP contribution >= 0.6 is 0 Å². The molecule has 0 saturated carbocycles. The van der Waals surface area contributed by atoms with Crippen LogP contribution in [0, 0.1) is 0 Å². The standard InChI is InChI=1S/C21H31N3O2/c1-3-4-8-19-21(26)22(2)15-16-24(19)20(25)17-9-11-18(12-10-17)23-13-6-5-7-14-23/h9-12,19H,3-8,13-16H2,1-2H3/t19-/m0/s1. The van der Waals surface area contributed by atoms with E-state index in [9.17, 15) is 9.59 Å². The fraction of sp³-hybridized carbons (Fsp3) is 0.619. The number of carbonyl (C=O) groups is 2. The van der Waals surface area contributed by atoms with Crippen LogP contribution in [0.25, 0.3) is 0 Å². The van der Waals surface area contributed by atoms with E-state index in [-0.39, 0.29) is 17.9 Å². The number of carbonyl (C=O) groups excluding carboxylic acids is 2. The molecule has 2 fully saturated rings. The third kappa shape index (κ3) is 4.02. The number of rotatable bonds is 5. The Balaban J connectivity index is 1.72. The van der Waals surface area contributed by atoms with Gasteiger partial charge in [0, 0.05) is 44.5 Å².